The third kappa shape index (κ3) is 21.9. The maximum Gasteiger partial charge on any atom is 0.0773 e. The van der Waals surface area contributed by atoms with Crippen molar-refractivity contribution >= 4 is 0 Å². The molecule has 0 aliphatic rings. The highest BCUT2D eigenvalue weighted by Crippen LogP contribution is 2.14. The van der Waals surface area contributed by atoms with Gasteiger partial charge in [-0.05, 0) is 12.8 Å². The highest BCUT2D eigenvalue weighted by atomic mass is 16.3. The van der Waals surface area contributed by atoms with Gasteiger partial charge < -0.3 is 10.2 Å². The van der Waals surface area contributed by atoms with E-state index in [1.165, 1.54) is 109 Å². The van der Waals surface area contributed by atoms with Crippen LogP contribution in [0.2, 0.25) is 0 Å². The first kappa shape index (κ1) is 24.9. The standard InChI is InChI=1S/C23H47O2/c1-2-3-4-5-6-7-8-9-10-11-12-13-14-15-16-17-18-19-20-21-23(25)22-24/h20,23-25H,2-19,21-22H2,1H3. The van der Waals surface area contributed by atoms with Crippen LogP contribution in [0.15, 0.2) is 0 Å². The largest absolute Gasteiger partial charge is 0.394 e. The molecule has 0 aromatic carbocycles. The Morgan fingerprint density at radius 3 is 1.32 bits per heavy atom. The fourth-order valence-electron chi connectivity index (χ4n) is 3.40. The van der Waals surface area contributed by atoms with E-state index in [-0.39, 0.29) is 6.61 Å². The van der Waals surface area contributed by atoms with E-state index in [1.54, 1.807) is 0 Å². The Morgan fingerprint density at radius 2 is 0.960 bits per heavy atom. The van der Waals surface area contributed by atoms with Gasteiger partial charge in [-0.25, -0.2) is 0 Å². The van der Waals surface area contributed by atoms with Gasteiger partial charge in [0.15, 0.2) is 0 Å². The lowest BCUT2D eigenvalue weighted by Crippen LogP contribution is -2.11. The summed E-state index contributed by atoms with van der Waals surface area (Å²) in [7, 11) is 0. The van der Waals surface area contributed by atoms with Crippen LogP contribution in [-0.2, 0) is 0 Å². The second-order valence-electron chi connectivity index (χ2n) is 7.81. The molecule has 0 fully saturated rings. The summed E-state index contributed by atoms with van der Waals surface area (Å²) in [5.74, 6) is 0. The molecule has 0 heterocycles. The molecule has 2 N–H and O–H groups in total. The Hall–Kier alpha value is -0.0800. The number of hydrogen-bond acceptors (Lipinski definition) is 2. The van der Waals surface area contributed by atoms with Crippen molar-refractivity contribution in [3.8, 4) is 0 Å². The van der Waals surface area contributed by atoms with E-state index < -0.39 is 6.10 Å². The molecule has 1 radical (unpaired) electrons. The number of aliphatic hydroxyl groups is 2. The van der Waals surface area contributed by atoms with Crippen LogP contribution in [0.25, 0.3) is 0 Å². The van der Waals surface area contributed by atoms with Crippen LogP contribution in [-0.4, -0.2) is 22.9 Å². The van der Waals surface area contributed by atoms with Crippen molar-refractivity contribution in [1.82, 2.24) is 0 Å². The number of unbranched alkanes of at least 4 members (excludes halogenated alkanes) is 18. The van der Waals surface area contributed by atoms with Crippen LogP contribution >= 0.6 is 0 Å². The van der Waals surface area contributed by atoms with Gasteiger partial charge in [-0.15, -0.1) is 0 Å². The minimum absolute atomic E-state index is 0.116. The SMILES string of the molecule is CCCCCCCCCCCCCCCCCCC[CH]CC(O)CO. The van der Waals surface area contributed by atoms with E-state index in [4.69, 9.17) is 5.11 Å². The fourth-order valence-corrected chi connectivity index (χ4v) is 3.40. The number of aliphatic hydroxyl groups excluding tert-OH is 2. The first-order valence-corrected chi connectivity index (χ1v) is 11.4. The molecule has 0 amide bonds. The molecule has 0 rings (SSSR count). The Balaban J connectivity index is 2.98. The summed E-state index contributed by atoms with van der Waals surface area (Å²) >= 11 is 0. The van der Waals surface area contributed by atoms with Crippen molar-refractivity contribution in [3.05, 3.63) is 6.42 Å². The Morgan fingerprint density at radius 1 is 0.600 bits per heavy atom. The summed E-state index contributed by atoms with van der Waals surface area (Å²) in [5, 5.41) is 17.9. The highest BCUT2D eigenvalue weighted by molar-refractivity contribution is 4.69. The predicted octanol–water partition coefficient (Wildman–Crippen LogP) is 6.98. The highest BCUT2D eigenvalue weighted by Gasteiger charge is 2.00. The van der Waals surface area contributed by atoms with Crippen molar-refractivity contribution in [2.24, 2.45) is 0 Å². The quantitative estimate of drug-likeness (QED) is 0.218. The topological polar surface area (TPSA) is 40.5 Å². The predicted molar refractivity (Wildman–Crippen MR) is 111 cm³/mol. The van der Waals surface area contributed by atoms with Gasteiger partial charge in [-0.1, -0.05) is 122 Å². The van der Waals surface area contributed by atoms with E-state index in [1.807, 2.05) is 0 Å². The molecule has 25 heavy (non-hydrogen) atoms. The summed E-state index contributed by atoms with van der Waals surface area (Å²) < 4.78 is 0. The van der Waals surface area contributed by atoms with Crippen molar-refractivity contribution in [1.29, 1.82) is 0 Å². The lowest BCUT2D eigenvalue weighted by atomic mass is 10.0. The normalized spacial score (nSPS) is 12.6. The average molecular weight is 356 g/mol. The molecule has 0 aromatic heterocycles. The van der Waals surface area contributed by atoms with Gasteiger partial charge in [-0.3, -0.25) is 0 Å². The molecule has 0 saturated heterocycles. The van der Waals surface area contributed by atoms with E-state index in [9.17, 15) is 5.11 Å². The van der Waals surface area contributed by atoms with E-state index in [2.05, 4.69) is 13.3 Å². The minimum atomic E-state index is -0.550. The second-order valence-corrected chi connectivity index (χ2v) is 7.81. The van der Waals surface area contributed by atoms with Crippen LogP contribution < -0.4 is 0 Å². The van der Waals surface area contributed by atoms with E-state index in [0.29, 0.717) is 6.42 Å². The molecule has 2 heteroatoms. The van der Waals surface area contributed by atoms with E-state index in [0.717, 1.165) is 6.42 Å². The average Bonchev–Trinajstić information content (AvgIpc) is 2.63. The number of hydrogen-bond donors (Lipinski definition) is 2. The summed E-state index contributed by atoms with van der Waals surface area (Å²) in [5.41, 5.74) is 0. The maximum atomic E-state index is 9.22. The molecular weight excluding hydrogens is 308 g/mol. The minimum Gasteiger partial charge on any atom is -0.394 e. The molecule has 0 bridgehead atoms. The molecule has 151 valence electrons. The van der Waals surface area contributed by atoms with Gasteiger partial charge in [0, 0.05) is 0 Å². The van der Waals surface area contributed by atoms with E-state index >= 15 is 0 Å². The monoisotopic (exact) mass is 355 g/mol. The second kappa shape index (κ2) is 22.0. The zero-order valence-corrected chi connectivity index (χ0v) is 17.2. The van der Waals surface area contributed by atoms with Gasteiger partial charge in [-0.2, -0.15) is 0 Å². The third-order valence-corrected chi connectivity index (χ3v) is 5.16. The molecular formula is C23H47O2. The third-order valence-electron chi connectivity index (χ3n) is 5.16. The first-order chi connectivity index (χ1) is 12.3. The zero-order chi connectivity index (χ0) is 18.4. The van der Waals surface area contributed by atoms with Crippen molar-refractivity contribution in [3.63, 3.8) is 0 Å². The van der Waals surface area contributed by atoms with Gasteiger partial charge in [0.05, 0.1) is 12.7 Å². The van der Waals surface area contributed by atoms with Crippen LogP contribution in [0.1, 0.15) is 129 Å². The summed E-state index contributed by atoms with van der Waals surface area (Å²) in [6, 6.07) is 0. The number of rotatable bonds is 21. The van der Waals surface area contributed by atoms with Crippen LogP contribution in [0.3, 0.4) is 0 Å². The molecule has 0 saturated carbocycles. The lowest BCUT2D eigenvalue weighted by Gasteiger charge is -2.06. The smallest absolute Gasteiger partial charge is 0.0773 e. The van der Waals surface area contributed by atoms with Crippen LogP contribution in [0.5, 0.6) is 0 Å². The van der Waals surface area contributed by atoms with Crippen molar-refractivity contribution in [2.45, 2.75) is 135 Å². The molecule has 0 spiro atoms. The van der Waals surface area contributed by atoms with Gasteiger partial charge in [0.1, 0.15) is 0 Å². The molecule has 2 nitrogen and oxygen atoms in total. The van der Waals surface area contributed by atoms with Gasteiger partial charge in [0.25, 0.3) is 0 Å². The molecule has 0 aliphatic carbocycles. The Bertz CT molecular complexity index is 230. The van der Waals surface area contributed by atoms with Crippen molar-refractivity contribution in [2.75, 3.05) is 6.61 Å². The van der Waals surface area contributed by atoms with Gasteiger partial charge >= 0.3 is 0 Å². The van der Waals surface area contributed by atoms with Crippen LogP contribution in [0, 0.1) is 6.42 Å². The lowest BCUT2D eigenvalue weighted by molar-refractivity contribution is 0.0940. The zero-order valence-electron chi connectivity index (χ0n) is 17.2. The maximum absolute atomic E-state index is 9.22. The van der Waals surface area contributed by atoms with Crippen molar-refractivity contribution < 1.29 is 10.2 Å². The summed E-state index contributed by atoms with van der Waals surface area (Å²) in [6.07, 6.45) is 27.2. The molecule has 1 atom stereocenters. The Kier molecular flexibility index (Phi) is 21.9. The fraction of sp³-hybridized carbons (Fsp3) is 0.957. The molecule has 1 unspecified atom stereocenters. The van der Waals surface area contributed by atoms with Gasteiger partial charge in [0.2, 0.25) is 0 Å². The van der Waals surface area contributed by atoms with Crippen LogP contribution in [0.4, 0.5) is 0 Å². The first-order valence-electron chi connectivity index (χ1n) is 11.4. The summed E-state index contributed by atoms with van der Waals surface area (Å²) in [4.78, 5) is 0. The molecule has 0 aromatic rings. The molecule has 0 aliphatic heterocycles. The summed E-state index contributed by atoms with van der Waals surface area (Å²) in [6.45, 7) is 2.17. The Labute approximate surface area is 158 Å².